The number of halogens is 3. The molecule has 0 unspecified atom stereocenters. The number of carboxylic acid groups (broad SMARTS) is 1. The monoisotopic (exact) mass is 238 g/mol. The van der Waals surface area contributed by atoms with E-state index in [2.05, 4.69) is 0 Å². The fraction of sp³-hybridized carbons (Fsp3) is 0.125. The van der Waals surface area contributed by atoms with Crippen LogP contribution in [0.5, 0.6) is 5.75 Å². The maximum absolute atomic E-state index is 13.0. The molecule has 1 aromatic rings. The highest BCUT2D eigenvalue weighted by Crippen LogP contribution is 2.35. The molecule has 0 aromatic heterocycles. The number of carbonyl (C=O) groups is 1. The van der Waals surface area contributed by atoms with Gasteiger partial charge in [0.2, 0.25) is 0 Å². The van der Waals surface area contributed by atoms with Gasteiger partial charge < -0.3 is 9.84 Å². The molecular formula is C8H5Cl2FO3. The molecular weight excluding hydrogens is 234 g/mol. The number of methoxy groups -OCH3 is 1. The molecule has 76 valence electrons. The Morgan fingerprint density at radius 2 is 2.14 bits per heavy atom. The van der Waals surface area contributed by atoms with E-state index < -0.39 is 22.4 Å². The van der Waals surface area contributed by atoms with Crippen molar-refractivity contribution in [2.45, 2.75) is 0 Å². The molecule has 14 heavy (non-hydrogen) atoms. The molecule has 6 heteroatoms. The minimum absolute atomic E-state index is 0.133. The molecule has 3 nitrogen and oxygen atoms in total. The zero-order valence-corrected chi connectivity index (χ0v) is 8.49. The van der Waals surface area contributed by atoms with E-state index >= 15 is 0 Å². The number of aromatic carboxylic acids is 1. The number of hydrogen-bond acceptors (Lipinski definition) is 2. The summed E-state index contributed by atoms with van der Waals surface area (Å²) in [7, 11) is 1.22. The van der Waals surface area contributed by atoms with Crippen molar-refractivity contribution in [1.29, 1.82) is 0 Å². The van der Waals surface area contributed by atoms with Gasteiger partial charge in [0.25, 0.3) is 0 Å². The van der Waals surface area contributed by atoms with Crippen LogP contribution in [0.1, 0.15) is 10.4 Å². The van der Waals surface area contributed by atoms with Crippen LogP contribution in [0.4, 0.5) is 4.39 Å². The van der Waals surface area contributed by atoms with Crippen LogP contribution in [-0.4, -0.2) is 18.2 Å². The van der Waals surface area contributed by atoms with Gasteiger partial charge in [0.05, 0.1) is 17.2 Å². The summed E-state index contributed by atoms with van der Waals surface area (Å²) in [6.07, 6.45) is 0. The smallest absolute Gasteiger partial charge is 0.341 e. The van der Waals surface area contributed by atoms with Gasteiger partial charge in [0.15, 0.2) is 5.75 Å². The maximum atomic E-state index is 13.0. The SMILES string of the molecule is COc1c(Cl)cc(F)c(Cl)c1C(=O)O. The Bertz CT molecular complexity index is 393. The van der Waals surface area contributed by atoms with E-state index in [9.17, 15) is 9.18 Å². The van der Waals surface area contributed by atoms with Crippen LogP contribution in [0.25, 0.3) is 0 Å². The first-order valence-electron chi connectivity index (χ1n) is 3.43. The first-order chi connectivity index (χ1) is 6.49. The van der Waals surface area contributed by atoms with Gasteiger partial charge in [-0.25, -0.2) is 9.18 Å². The molecule has 0 amide bonds. The molecule has 1 rings (SSSR count). The summed E-state index contributed by atoms with van der Waals surface area (Å²) in [4.78, 5) is 10.7. The first-order valence-corrected chi connectivity index (χ1v) is 4.19. The third-order valence-electron chi connectivity index (χ3n) is 1.54. The van der Waals surface area contributed by atoms with E-state index in [1.54, 1.807) is 0 Å². The lowest BCUT2D eigenvalue weighted by Gasteiger charge is -2.08. The molecule has 0 spiro atoms. The van der Waals surface area contributed by atoms with Gasteiger partial charge in [-0.3, -0.25) is 0 Å². The number of carboxylic acids is 1. The second-order valence-corrected chi connectivity index (χ2v) is 3.15. The summed E-state index contributed by atoms with van der Waals surface area (Å²) in [5.41, 5.74) is -0.473. The first kappa shape index (κ1) is 11.1. The highest BCUT2D eigenvalue weighted by Gasteiger charge is 2.22. The van der Waals surface area contributed by atoms with Crippen LogP contribution in [0.2, 0.25) is 10.0 Å². The number of benzene rings is 1. The molecule has 0 aliphatic carbocycles. The summed E-state index contributed by atoms with van der Waals surface area (Å²) >= 11 is 11.0. The molecule has 0 radical (unpaired) electrons. The molecule has 0 saturated carbocycles. The fourth-order valence-electron chi connectivity index (χ4n) is 0.969. The summed E-state index contributed by atoms with van der Waals surface area (Å²) in [6, 6.07) is 0.898. The van der Waals surface area contributed by atoms with Crippen molar-refractivity contribution in [1.82, 2.24) is 0 Å². The van der Waals surface area contributed by atoms with E-state index in [1.807, 2.05) is 0 Å². The summed E-state index contributed by atoms with van der Waals surface area (Å²) < 4.78 is 17.7. The Kier molecular flexibility index (Phi) is 3.18. The summed E-state index contributed by atoms with van der Waals surface area (Å²) in [5, 5.41) is 8.09. The summed E-state index contributed by atoms with van der Waals surface area (Å²) in [6.45, 7) is 0. The van der Waals surface area contributed by atoms with Crippen molar-refractivity contribution in [3.8, 4) is 5.75 Å². The average Bonchev–Trinajstić information content (AvgIpc) is 2.10. The minimum Gasteiger partial charge on any atom is -0.494 e. The second-order valence-electron chi connectivity index (χ2n) is 2.37. The largest absolute Gasteiger partial charge is 0.494 e. The quantitative estimate of drug-likeness (QED) is 0.807. The molecule has 0 heterocycles. The second kappa shape index (κ2) is 4.02. The van der Waals surface area contributed by atoms with Crippen LogP contribution in [-0.2, 0) is 0 Å². The molecule has 1 N–H and O–H groups in total. The number of rotatable bonds is 2. The predicted molar refractivity (Wildman–Crippen MR) is 49.9 cm³/mol. The zero-order valence-electron chi connectivity index (χ0n) is 6.97. The van der Waals surface area contributed by atoms with Gasteiger partial charge in [-0.15, -0.1) is 0 Å². The summed E-state index contributed by atoms with van der Waals surface area (Å²) in [5.74, 6) is -2.44. The molecule has 0 bridgehead atoms. The van der Waals surface area contributed by atoms with Crippen LogP contribution in [0.15, 0.2) is 6.07 Å². The van der Waals surface area contributed by atoms with Gasteiger partial charge in [-0.1, -0.05) is 23.2 Å². The van der Waals surface area contributed by atoms with Crippen molar-refractivity contribution in [2.24, 2.45) is 0 Å². The lowest BCUT2D eigenvalue weighted by molar-refractivity contribution is 0.0693. The van der Waals surface area contributed by atoms with Crippen molar-refractivity contribution in [3.05, 3.63) is 27.5 Å². The Morgan fingerprint density at radius 3 is 2.57 bits per heavy atom. The van der Waals surface area contributed by atoms with Gasteiger partial charge in [-0.2, -0.15) is 0 Å². The van der Waals surface area contributed by atoms with E-state index in [0.717, 1.165) is 6.07 Å². The normalized spacial score (nSPS) is 10.0. The highest BCUT2D eigenvalue weighted by molar-refractivity contribution is 6.37. The lowest BCUT2D eigenvalue weighted by atomic mass is 10.2. The number of ether oxygens (including phenoxy) is 1. The maximum Gasteiger partial charge on any atom is 0.341 e. The van der Waals surface area contributed by atoms with Crippen LogP contribution >= 0.6 is 23.2 Å². The van der Waals surface area contributed by atoms with Crippen LogP contribution < -0.4 is 4.74 Å². The fourth-order valence-corrected chi connectivity index (χ4v) is 1.46. The predicted octanol–water partition coefficient (Wildman–Crippen LogP) is 2.84. The van der Waals surface area contributed by atoms with Crippen molar-refractivity contribution in [2.75, 3.05) is 7.11 Å². The van der Waals surface area contributed by atoms with Gasteiger partial charge in [0.1, 0.15) is 11.4 Å². The van der Waals surface area contributed by atoms with Crippen molar-refractivity contribution < 1.29 is 19.0 Å². The average molecular weight is 239 g/mol. The molecule has 0 aliphatic rings. The molecule has 0 aliphatic heterocycles. The van der Waals surface area contributed by atoms with Gasteiger partial charge in [-0.05, 0) is 6.07 Å². The molecule has 1 aromatic carbocycles. The zero-order chi connectivity index (χ0) is 10.9. The molecule has 0 saturated heterocycles. The Labute approximate surface area is 89.0 Å². The van der Waals surface area contributed by atoms with Gasteiger partial charge in [0, 0.05) is 0 Å². The molecule has 0 atom stereocenters. The highest BCUT2D eigenvalue weighted by atomic mass is 35.5. The lowest BCUT2D eigenvalue weighted by Crippen LogP contribution is -2.03. The van der Waals surface area contributed by atoms with Crippen molar-refractivity contribution >= 4 is 29.2 Å². The molecule has 0 fully saturated rings. The van der Waals surface area contributed by atoms with Crippen LogP contribution in [0, 0.1) is 5.82 Å². The van der Waals surface area contributed by atoms with Crippen molar-refractivity contribution in [3.63, 3.8) is 0 Å². The number of hydrogen-bond donors (Lipinski definition) is 1. The van der Waals surface area contributed by atoms with E-state index in [-0.39, 0.29) is 10.8 Å². The van der Waals surface area contributed by atoms with E-state index in [0.29, 0.717) is 0 Å². The van der Waals surface area contributed by atoms with Gasteiger partial charge >= 0.3 is 5.97 Å². The van der Waals surface area contributed by atoms with Crippen LogP contribution in [0.3, 0.4) is 0 Å². The Hall–Kier alpha value is -1.00. The third-order valence-corrected chi connectivity index (χ3v) is 2.19. The minimum atomic E-state index is -1.40. The third kappa shape index (κ3) is 1.76. The topological polar surface area (TPSA) is 46.5 Å². The Balaban J connectivity index is 3.56. The Morgan fingerprint density at radius 1 is 1.57 bits per heavy atom. The van der Waals surface area contributed by atoms with E-state index in [1.165, 1.54) is 7.11 Å². The van der Waals surface area contributed by atoms with E-state index in [4.69, 9.17) is 33.0 Å². The standard InChI is InChI=1S/C8H5Cl2FO3/c1-14-7-3(9)2-4(11)6(10)5(7)8(12)13/h2H,1H3,(H,12,13).